The molecule has 1 N–H and O–H groups in total. The van der Waals surface area contributed by atoms with Gasteiger partial charge < -0.3 is 5.32 Å². The predicted octanol–water partition coefficient (Wildman–Crippen LogP) is 3.56. The Morgan fingerprint density at radius 2 is 2.10 bits per heavy atom. The highest BCUT2D eigenvalue weighted by Crippen LogP contribution is 2.36. The largest absolute Gasteiger partial charge is 0.336 e. The first-order valence-electron chi connectivity index (χ1n) is 10.8. The van der Waals surface area contributed by atoms with E-state index in [9.17, 15) is 14.4 Å². The second kappa shape index (κ2) is 9.09. The molecule has 1 aliphatic heterocycles. The number of carbonyl (C=O) groups excluding carboxylic acids is 2. The van der Waals surface area contributed by atoms with Crippen LogP contribution >= 0.6 is 23.1 Å². The fraction of sp³-hybridized carbons (Fsp3) is 0.619. The molecule has 1 atom stereocenters. The van der Waals surface area contributed by atoms with E-state index in [-0.39, 0.29) is 17.5 Å². The van der Waals surface area contributed by atoms with Crippen LogP contribution in [0.4, 0.5) is 4.79 Å². The van der Waals surface area contributed by atoms with E-state index in [2.05, 4.69) is 12.2 Å². The minimum atomic E-state index is -0.494. The zero-order chi connectivity index (χ0) is 21.3. The van der Waals surface area contributed by atoms with Crippen LogP contribution < -0.4 is 10.9 Å². The Kier molecular flexibility index (Phi) is 6.48. The van der Waals surface area contributed by atoms with E-state index in [0.717, 1.165) is 55.2 Å². The summed E-state index contributed by atoms with van der Waals surface area (Å²) in [6, 6.07) is -0.345. The molecule has 2 aromatic heterocycles. The van der Waals surface area contributed by atoms with Gasteiger partial charge >= 0.3 is 6.03 Å². The van der Waals surface area contributed by atoms with Gasteiger partial charge in [0.25, 0.3) is 5.56 Å². The molecular weight excluding hydrogens is 420 g/mol. The number of fused-ring (bicyclic) bond motifs is 3. The van der Waals surface area contributed by atoms with E-state index in [0.29, 0.717) is 24.8 Å². The molecule has 7 nitrogen and oxygen atoms in total. The second-order valence-corrected chi connectivity index (χ2v) is 10.3. The summed E-state index contributed by atoms with van der Waals surface area (Å²) in [4.78, 5) is 46.2. The number of aromatic nitrogens is 2. The summed E-state index contributed by atoms with van der Waals surface area (Å²) in [5.74, 6) is -0.240. The number of nitrogens with zero attached hydrogens (tertiary/aromatic N) is 3. The van der Waals surface area contributed by atoms with Gasteiger partial charge in [0.2, 0.25) is 5.91 Å². The lowest BCUT2D eigenvalue weighted by atomic mass is 10.2. The van der Waals surface area contributed by atoms with Crippen LogP contribution in [-0.2, 0) is 24.2 Å². The van der Waals surface area contributed by atoms with Crippen molar-refractivity contribution in [2.45, 2.75) is 75.7 Å². The summed E-state index contributed by atoms with van der Waals surface area (Å²) in [7, 11) is 0. The topological polar surface area (TPSA) is 84.3 Å². The number of amides is 3. The molecule has 1 aliphatic carbocycles. The molecule has 162 valence electrons. The third kappa shape index (κ3) is 4.01. The summed E-state index contributed by atoms with van der Waals surface area (Å²) < 4.78 is 1.77. The number of nitrogens with one attached hydrogen (secondary N) is 1. The summed E-state index contributed by atoms with van der Waals surface area (Å²) in [6.45, 7) is 5.42. The number of aryl methyl sites for hydroxylation is 2. The van der Waals surface area contributed by atoms with Gasteiger partial charge in [0.1, 0.15) is 4.83 Å². The van der Waals surface area contributed by atoms with Crippen molar-refractivity contribution in [1.29, 1.82) is 0 Å². The van der Waals surface area contributed by atoms with Gasteiger partial charge in [0.05, 0.1) is 10.6 Å². The van der Waals surface area contributed by atoms with Crippen molar-refractivity contribution < 1.29 is 9.59 Å². The molecule has 4 rings (SSSR count). The molecule has 3 amide bonds. The lowest BCUT2D eigenvalue weighted by Gasteiger charge is -2.19. The van der Waals surface area contributed by atoms with Crippen LogP contribution in [0.25, 0.3) is 10.2 Å². The molecule has 30 heavy (non-hydrogen) atoms. The minimum absolute atomic E-state index is 0.0250. The average molecular weight is 449 g/mol. The normalized spacial score (nSPS) is 16.9. The van der Waals surface area contributed by atoms with Crippen molar-refractivity contribution in [3.63, 3.8) is 0 Å². The Morgan fingerprint density at radius 3 is 2.83 bits per heavy atom. The van der Waals surface area contributed by atoms with Crippen LogP contribution in [0.15, 0.2) is 9.95 Å². The second-order valence-electron chi connectivity index (χ2n) is 7.93. The molecule has 0 radical (unpaired) electrons. The van der Waals surface area contributed by atoms with E-state index < -0.39 is 5.25 Å². The van der Waals surface area contributed by atoms with Crippen molar-refractivity contribution in [1.82, 2.24) is 19.8 Å². The molecule has 1 fully saturated rings. The van der Waals surface area contributed by atoms with Crippen molar-refractivity contribution in [3.8, 4) is 0 Å². The van der Waals surface area contributed by atoms with Gasteiger partial charge in [0.15, 0.2) is 5.16 Å². The van der Waals surface area contributed by atoms with Gasteiger partial charge in [-0.1, -0.05) is 37.9 Å². The number of thioether (sulfide) groups is 1. The number of rotatable bonds is 8. The van der Waals surface area contributed by atoms with Crippen LogP contribution in [0.5, 0.6) is 0 Å². The van der Waals surface area contributed by atoms with Gasteiger partial charge in [-0.2, -0.15) is 0 Å². The number of unbranched alkanes of at least 4 members (excludes halogenated alkanes) is 3. The molecule has 1 unspecified atom stereocenters. The minimum Gasteiger partial charge on any atom is -0.336 e. The molecule has 9 heteroatoms. The monoisotopic (exact) mass is 448 g/mol. The van der Waals surface area contributed by atoms with Crippen molar-refractivity contribution in [2.75, 3.05) is 13.1 Å². The van der Waals surface area contributed by atoms with Crippen LogP contribution in [0, 0.1) is 0 Å². The molecule has 3 heterocycles. The van der Waals surface area contributed by atoms with Gasteiger partial charge in [-0.15, -0.1) is 11.3 Å². The van der Waals surface area contributed by atoms with Crippen molar-refractivity contribution >= 4 is 45.3 Å². The quantitative estimate of drug-likeness (QED) is 0.379. The number of hydrogen-bond donors (Lipinski definition) is 1. The van der Waals surface area contributed by atoms with Crippen molar-refractivity contribution in [2.24, 2.45) is 0 Å². The highest BCUT2D eigenvalue weighted by atomic mass is 32.2. The molecule has 2 aliphatic rings. The maximum atomic E-state index is 13.5. The first kappa shape index (κ1) is 21.4. The third-order valence-electron chi connectivity index (χ3n) is 5.78. The standard InChI is InChI=1S/C21H28N4O3S2/c1-3-4-5-6-11-25-19(27)16-14-8-7-9-15(14)30-17(16)23-21(25)29-13(2)18(26)24-12-10-22-20(24)28/h13H,3-12H2,1-2H3,(H,22,28). The molecule has 1 saturated heterocycles. The van der Waals surface area contributed by atoms with Gasteiger partial charge in [-0.25, -0.2) is 9.78 Å². The summed E-state index contributed by atoms with van der Waals surface area (Å²) in [5, 5.41) is 3.54. The van der Waals surface area contributed by atoms with Crippen molar-refractivity contribution in [3.05, 3.63) is 20.8 Å². The maximum Gasteiger partial charge on any atom is 0.324 e. The number of urea groups is 1. The SMILES string of the molecule is CCCCCCn1c(SC(C)C(=O)N2CCNC2=O)nc2sc3c(c2c1=O)CCC3. The van der Waals surface area contributed by atoms with E-state index in [4.69, 9.17) is 4.98 Å². The van der Waals surface area contributed by atoms with Crippen LogP contribution in [-0.4, -0.2) is 44.7 Å². The summed E-state index contributed by atoms with van der Waals surface area (Å²) >= 11 is 2.91. The first-order chi connectivity index (χ1) is 14.5. The average Bonchev–Trinajstić information content (AvgIpc) is 3.42. The van der Waals surface area contributed by atoms with Crippen LogP contribution in [0.1, 0.15) is 56.4 Å². The van der Waals surface area contributed by atoms with E-state index >= 15 is 0 Å². The molecule has 0 saturated carbocycles. The molecule has 0 spiro atoms. The van der Waals surface area contributed by atoms with Gasteiger partial charge in [0, 0.05) is 24.5 Å². The van der Waals surface area contributed by atoms with Gasteiger partial charge in [-0.3, -0.25) is 19.1 Å². The lowest BCUT2D eigenvalue weighted by molar-refractivity contribution is -0.126. The third-order valence-corrected chi connectivity index (χ3v) is 8.04. The molecule has 2 aromatic rings. The number of imide groups is 1. The summed E-state index contributed by atoms with van der Waals surface area (Å²) in [6.07, 6.45) is 7.33. The van der Waals surface area contributed by atoms with Crippen LogP contribution in [0.2, 0.25) is 0 Å². The highest BCUT2D eigenvalue weighted by molar-refractivity contribution is 8.00. The molecular formula is C21H28N4O3S2. The predicted molar refractivity (Wildman–Crippen MR) is 120 cm³/mol. The smallest absolute Gasteiger partial charge is 0.324 e. The lowest BCUT2D eigenvalue weighted by Crippen LogP contribution is -2.39. The Balaban J connectivity index is 1.65. The fourth-order valence-electron chi connectivity index (χ4n) is 4.15. The van der Waals surface area contributed by atoms with Gasteiger partial charge in [-0.05, 0) is 38.2 Å². The Morgan fingerprint density at radius 1 is 1.27 bits per heavy atom. The fourth-order valence-corrected chi connectivity index (χ4v) is 6.45. The van der Waals surface area contributed by atoms with E-state index in [1.165, 1.54) is 27.1 Å². The Bertz CT molecular complexity index is 1030. The molecule has 0 bridgehead atoms. The summed E-state index contributed by atoms with van der Waals surface area (Å²) in [5.41, 5.74) is 1.21. The number of hydrogen-bond acceptors (Lipinski definition) is 6. The highest BCUT2D eigenvalue weighted by Gasteiger charge is 2.31. The first-order valence-corrected chi connectivity index (χ1v) is 12.5. The van der Waals surface area contributed by atoms with Crippen LogP contribution in [0.3, 0.4) is 0 Å². The van der Waals surface area contributed by atoms with E-state index in [1.54, 1.807) is 22.8 Å². The van der Waals surface area contributed by atoms with E-state index in [1.807, 2.05) is 0 Å². The Labute approximate surface area is 184 Å². The molecule has 0 aromatic carbocycles. The number of thiophene rings is 1. The Hall–Kier alpha value is -1.87. The maximum absolute atomic E-state index is 13.5. The zero-order valence-corrected chi connectivity index (χ0v) is 19.2. The number of carbonyl (C=O) groups is 2. The zero-order valence-electron chi connectivity index (χ0n) is 17.5.